The Bertz CT molecular complexity index is 531. The molecule has 0 bridgehead atoms. The van der Waals surface area contributed by atoms with E-state index in [0.29, 0.717) is 0 Å². The van der Waals surface area contributed by atoms with Crippen LogP contribution >= 0.6 is 12.2 Å². The number of rotatable bonds is 6. The van der Waals surface area contributed by atoms with E-state index in [9.17, 15) is 4.79 Å². The van der Waals surface area contributed by atoms with Crippen LogP contribution in [0.25, 0.3) is 0 Å². The number of likely N-dealkylation sites (tertiary alicyclic amines) is 1. The first-order chi connectivity index (χ1) is 11.7. The van der Waals surface area contributed by atoms with Gasteiger partial charge in [-0.1, -0.05) is 30.3 Å². The molecule has 1 fully saturated rings. The lowest BCUT2D eigenvalue weighted by Crippen LogP contribution is -2.49. The van der Waals surface area contributed by atoms with Gasteiger partial charge in [-0.05, 0) is 50.9 Å². The van der Waals surface area contributed by atoms with E-state index in [0.717, 1.165) is 57.1 Å². The minimum atomic E-state index is 0.0764. The second kappa shape index (κ2) is 9.62. The highest BCUT2D eigenvalue weighted by Crippen LogP contribution is 2.19. The fourth-order valence-corrected chi connectivity index (χ4v) is 3.49. The quantitative estimate of drug-likeness (QED) is 0.803. The summed E-state index contributed by atoms with van der Waals surface area (Å²) in [5.74, 6) is 0.351. The van der Waals surface area contributed by atoms with E-state index in [4.69, 9.17) is 12.2 Å². The smallest absolute Gasteiger partial charge is 0.227 e. The molecule has 1 atom stereocenters. The van der Waals surface area contributed by atoms with E-state index >= 15 is 0 Å². The van der Waals surface area contributed by atoms with Gasteiger partial charge in [0.1, 0.15) is 0 Å². The zero-order valence-corrected chi connectivity index (χ0v) is 15.6. The summed E-state index contributed by atoms with van der Waals surface area (Å²) in [5, 5.41) is 4.13. The fourth-order valence-electron chi connectivity index (χ4n) is 3.23. The lowest BCUT2D eigenvalue weighted by atomic mass is 9.96. The van der Waals surface area contributed by atoms with Crippen LogP contribution in [-0.2, 0) is 11.2 Å². The number of benzene rings is 1. The molecule has 2 rings (SSSR count). The molecule has 1 aromatic rings. The predicted molar refractivity (Wildman–Crippen MR) is 103 cm³/mol. The van der Waals surface area contributed by atoms with Gasteiger partial charge in [-0.15, -0.1) is 0 Å². The highest BCUT2D eigenvalue weighted by Gasteiger charge is 2.29. The number of carbonyl (C=O) groups excluding carboxylic acids is 1. The Hall–Kier alpha value is -1.62. The van der Waals surface area contributed by atoms with Crippen molar-refractivity contribution in [3.05, 3.63) is 35.9 Å². The van der Waals surface area contributed by atoms with Gasteiger partial charge in [0.25, 0.3) is 0 Å². The molecule has 1 aromatic carbocycles. The van der Waals surface area contributed by atoms with Gasteiger partial charge in [-0.3, -0.25) is 4.79 Å². The van der Waals surface area contributed by atoms with Gasteiger partial charge in [0, 0.05) is 32.7 Å². The minimum absolute atomic E-state index is 0.0764. The van der Waals surface area contributed by atoms with Crippen molar-refractivity contribution in [3.63, 3.8) is 0 Å². The molecule has 24 heavy (non-hydrogen) atoms. The largest absolute Gasteiger partial charge is 0.362 e. The maximum Gasteiger partial charge on any atom is 0.227 e. The maximum atomic E-state index is 12.6. The number of nitrogens with one attached hydrogen (secondary N) is 1. The molecule has 0 saturated carbocycles. The first-order valence-electron chi connectivity index (χ1n) is 9.01. The number of carbonyl (C=O) groups is 1. The van der Waals surface area contributed by atoms with Crippen LogP contribution in [0.4, 0.5) is 0 Å². The molecule has 0 aliphatic carbocycles. The molecule has 1 saturated heterocycles. The summed E-state index contributed by atoms with van der Waals surface area (Å²) in [6.07, 6.45) is 2.95. The Morgan fingerprint density at radius 1 is 1.29 bits per heavy atom. The van der Waals surface area contributed by atoms with Gasteiger partial charge in [-0.25, -0.2) is 0 Å². The van der Waals surface area contributed by atoms with Crippen molar-refractivity contribution >= 4 is 23.2 Å². The average molecular weight is 348 g/mol. The second-order valence-electron chi connectivity index (χ2n) is 6.26. The molecular weight excluding hydrogens is 318 g/mol. The van der Waals surface area contributed by atoms with Crippen LogP contribution < -0.4 is 5.32 Å². The Kier molecular flexibility index (Phi) is 7.50. The molecule has 0 spiro atoms. The summed E-state index contributed by atoms with van der Waals surface area (Å²) in [6.45, 7) is 8.16. The Morgan fingerprint density at radius 3 is 2.67 bits per heavy atom. The number of piperidine rings is 1. The third-order valence-corrected chi connectivity index (χ3v) is 5.07. The van der Waals surface area contributed by atoms with E-state index < -0.39 is 0 Å². The van der Waals surface area contributed by atoms with E-state index in [1.807, 2.05) is 24.8 Å². The van der Waals surface area contributed by atoms with Crippen LogP contribution in [0, 0.1) is 5.92 Å². The molecule has 1 aliphatic rings. The van der Waals surface area contributed by atoms with Crippen molar-refractivity contribution in [1.29, 1.82) is 0 Å². The van der Waals surface area contributed by atoms with E-state index in [1.54, 1.807) is 0 Å². The van der Waals surface area contributed by atoms with E-state index in [1.165, 1.54) is 5.56 Å². The Morgan fingerprint density at radius 2 is 2.00 bits per heavy atom. The molecule has 4 nitrogen and oxygen atoms in total. The maximum absolute atomic E-state index is 12.6. The summed E-state index contributed by atoms with van der Waals surface area (Å²) in [6, 6.07) is 10.4. The van der Waals surface area contributed by atoms with E-state index in [2.05, 4.69) is 34.5 Å². The molecular formula is C19H29N3OS. The van der Waals surface area contributed by atoms with Crippen molar-refractivity contribution in [2.45, 2.75) is 33.1 Å². The van der Waals surface area contributed by atoms with Gasteiger partial charge in [0.2, 0.25) is 5.91 Å². The summed E-state index contributed by atoms with van der Waals surface area (Å²) >= 11 is 5.54. The van der Waals surface area contributed by atoms with Crippen LogP contribution in [0.3, 0.4) is 0 Å². The molecule has 5 heteroatoms. The lowest BCUT2D eigenvalue weighted by Gasteiger charge is -2.36. The second-order valence-corrected chi connectivity index (χ2v) is 6.65. The Labute approximate surface area is 151 Å². The van der Waals surface area contributed by atoms with Crippen LogP contribution in [-0.4, -0.2) is 53.5 Å². The van der Waals surface area contributed by atoms with Crippen molar-refractivity contribution in [1.82, 2.24) is 15.1 Å². The molecule has 1 unspecified atom stereocenters. The number of thiocarbonyl (C=S) groups is 1. The zero-order valence-electron chi connectivity index (χ0n) is 14.8. The third kappa shape index (κ3) is 5.20. The van der Waals surface area contributed by atoms with Crippen molar-refractivity contribution in [2.75, 3.05) is 32.7 Å². The van der Waals surface area contributed by atoms with Crippen molar-refractivity contribution in [2.24, 2.45) is 5.92 Å². The van der Waals surface area contributed by atoms with Crippen molar-refractivity contribution in [3.8, 4) is 0 Å². The van der Waals surface area contributed by atoms with Gasteiger partial charge in [0.15, 0.2) is 5.11 Å². The first kappa shape index (κ1) is 18.7. The predicted octanol–water partition coefficient (Wildman–Crippen LogP) is 2.68. The van der Waals surface area contributed by atoms with Crippen LogP contribution in [0.15, 0.2) is 30.3 Å². The fraction of sp³-hybridized carbons (Fsp3) is 0.579. The first-order valence-corrected chi connectivity index (χ1v) is 9.42. The number of hydrogen-bond donors (Lipinski definition) is 1. The highest BCUT2D eigenvalue weighted by molar-refractivity contribution is 7.80. The van der Waals surface area contributed by atoms with Crippen LogP contribution in [0.1, 0.15) is 32.3 Å². The van der Waals surface area contributed by atoms with E-state index in [-0.39, 0.29) is 11.8 Å². The molecule has 1 N–H and O–H groups in total. The monoisotopic (exact) mass is 347 g/mol. The summed E-state index contributed by atoms with van der Waals surface area (Å²) in [5.41, 5.74) is 1.31. The lowest BCUT2D eigenvalue weighted by molar-refractivity contribution is -0.136. The van der Waals surface area contributed by atoms with Gasteiger partial charge in [0.05, 0.1) is 5.92 Å². The van der Waals surface area contributed by atoms with Crippen molar-refractivity contribution < 1.29 is 4.79 Å². The molecule has 0 aromatic heterocycles. The molecule has 132 valence electrons. The Balaban J connectivity index is 1.80. The minimum Gasteiger partial charge on any atom is -0.362 e. The summed E-state index contributed by atoms with van der Waals surface area (Å²) in [4.78, 5) is 16.7. The van der Waals surface area contributed by atoms with Gasteiger partial charge in [-0.2, -0.15) is 0 Å². The van der Waals surface area contributed by atoms with Gasteiger partial charge < -0.3 is 15.1 Å². The summed E-state index contributed by atoms with van der Waals surface area (Å²) in [7, 11) is 0. The number of hydrogen-bond acceptors (Lipinski definition) is 2. The third-order valence-electron chi connectivity index (χ3n) is 4.67. The number of nitrogens with zero attached hydrogens (tertiary/aromatic N) is 2. The standard InChI is InChI=1S/C19H29N3OS/c1-3-21(4-2)18(23)17-11-8-14-22(15-17)19(24)20-13-12-16-9-6-5-7-10-16/h5-7,9-10,17H,3-4,8,11-15H2,1-2H3,(H,20,24). The highest BCUT2D eigenvalue weighted by atomic mass is 32.1. The molecule has 1 amide bonds. The SMILES string of the molecule is CCN(CC)C(=O)C1CCCN(C(=S)NCCc2ccccc2)C1. The normalized spacial score (nSPS) is 17.4. The van der Waals surface area contributed by atoms with Gasteiger partial charge >= 0.3 is 0 Å². The zero-order chi connectivity index (χ0) is 17.4. The molecule has 1 aliphatic heterocycles. The topological polar surface area (TPSA) is 35.6 Å². The molecule has 1 heterocycles. The summed E-state index contributed by atoms with van der Waals surface area (Å²) < 4.78 is 0. The molecule has 0 radical (unpaired) electrons. The van der Waals surface area contributed by atoms with Crippen LogP contribution in [0.5, 0.6) is 0 Å². The van der Waals surface area contributed by atoms with Crippen LogP contribution in [0.2, 0.25) is 0 Å². The average Bonchev–Trinajstić information content (AvgIpc) is 2.63. The number of amides is 1.